The van der Waals surface area contributed by atoms with E-state index in [1.165, 1.54) is 19.1 Å². The van der Waals surface area contributed by atoms with Crippen LogP contribution in [0.5, 0.6) is 0 Å². The largest absolute Gasteiger partial charge is 0.355 e. The van der Waals surface area contributed by atoms with Crippen LogP contribution in [0, 0.1) is 5.82 Å². The molecule has 0 aliphatic rings. The fourth-order valence-corrected chi connectivity index (χ4v) is 2.83. The van der Waals surface area contributed by atoms with Crippen molar-refractivity contribution in [2.45, 2.75) is 11.8 Å². The van der Waals surface area contributed by atoms with Crippen LogP contribution >= 0.6 is 15.9 Å². The van der Waals surface area contributed by atoms with Gasteiger partial charge in [0.05, 0.1) is 0 Å². The number of halogens is 2. The normalized spacial score (nSPS) is 11.3. The number of nitrogens with one attached hydrogen (secondary N) is 2. The van der Waals surface area contributed by atoms with Crippen molar-refractivity contribution in [3.05, 3.63) is 28.5 Å². The van der Waals surface area contributed by atoms with Crippen molar-refractivity contribution < 1.29 is 17.6 Å². The van der Waals surface area contributed by atoms with Crippen LogP contribution in [-0.2, 0) is 14.8 Å². The Morgan fingerprint density at radius 2 is 2.06 bits per heavy atom. The number of benzene rings is 1. The van der Waals surface area contributed by atoms with Crippen molar-refractivity contribution in [1.82, 2.24) is 10.0 Å². The van der Waals surface area contributed by atoms with Crippen molar-refractivity contribution >= 4 is 31.9 Å². The summed E-state index contributed by atoms with van der Waals surface area (Å²) in [7, 11) is -3.92. The lowest BCUT2D eigenvalue weighted by molar-refractivity contribution is -0.118. The van der Waals surface area contributed by atoms with Crippen LogP contribution in [0.3, 0.4) is 0 Å². The summed E-state index contributed by atoms with van der Waals surface area (Å²) in [6.45, 7) is 1.46. The first-order valence-electron chi connectivity index (χ1n) is 5.02. The lowest BCUT2D eigenvalue weighted by Crippen LogP contribution is -2.34. The first kappa shape index (κ1) is 15.1. The quantitative estimate of drug-likeness (QED) is 0.786. The number of hydrogen-bond donors (Lipinski definition) is 2. The van der Waals surface area contributed by atoms with Gasteiger partial charge in [0.15, 0.2) is 0 Å². The molecule has 0 aliphatic heterocycles. The lowest BCUT2D eigenvalue weighted by Gasteiger charge is -2.08. The average molecular weight is 339 g/mol. The van der Waals surface area contributed by atoms with E-state index >= 15 is 0 Å². The van der Waals surface area contributed by atoms with Gasteiger partial charge in [0, 0.05) is 24.5 Å². The summed E-state index contributed by atoms with van der Waals surface area (Å²) < 4.78 is 39.6. The third-order valence-corrected chi connectivity index (χ3v) is 3.94. The highest BCUT2D eigenvalue weighted by atomic mass is 79.9. The molecule has 2 N–H and O–H groups in total. The van der Waals surface area contributed by atoms with Gasteiger partial charge in [-0.05, 0) is 18.2 Å². The first-order chi connectivity index (χ1) is 8.33. The molecule has 0 unspecified atom stereocenters. The smallest absolute Gasteiger partial charge is 0.243 e. The number of sulfonamides is 1. The highest BCUT2D eigenvalue weighted by molar-refractivity contribution is 9.10. The molecule has 0 fully saturated rings. The summed E-state index contributed by atoms with van der Waals surface area (Å²) in [4.78, 5) is 10.2. The van der Waals surface area contributed by atoms with E-state index in [1.807, 2.05) is 0 Å². The minimum absolute atomic E-state index is 0.00608. The molecular weight excluding hydrogens is 327 g/mol. The summed E-state index contributed by atoms with van der Waals surface area (Å²) in [6, 6.07) is 3.65. The summed E-state index contributed by atoms with van der Waals surface area (Å²) >= 11 is 3.07. The molecule has 0 heterocycles. The van der Waals surface area contributed by atoms with Gasteiger partial charge in [0.1, 0.15) is 10.7 Å². The molecule has 0 spiro atoms. The van der Waals surface area contributed by atoms with Gasteiger partial charge in [-0.15, -0.1) is 0 Å². The Hall–Kier alpha value is -0.990. The minimum Gasteiger partial charge on any atom is -0.355 e. The standard InChI is InChI=1S/C10H12BrFN2O3S/c1-7(15)13-4-5-14-18(16,17)10-6-8(11)2-3-9(10)12/h2-3,6,14H,4-5H2,1H3,(H,13,15). The fourth-order valence-electron chi connectivity index (χ4n) is 1.18. The molecule has 1 aromatic rings. The number of hydrogen-bond acceptors (Lipinski definition) is 3. The van der Waals surface area contributed by atoms with E-state index in [0.29, 0.717) is 4.47 Å². The van der Waals surface area contributed by atoms with Gasteiger partial charge in [-0.2, -0.15) is 0 Å². The van der Waals surface area contributed by atoms with E-state index in [4.69, 9.17) is 0 Å². The van der Waals surface area contributed by atoms with Crippen LogP contribution in [-0.4, -0.2) is 27.4 Å². The van der Waals surface area contributed by atoms with Gasteiger partial charge in [0.2, 0.25) is 15.9 Å². The van der Waals surface area contributed by atoms with Gasteiger partial charge in [-0.1, -0.05) is 15.9 Å². The third-order valence-electron chi connectivity index (χ3n) is 1.97. The molecule has 0 saturated heterocycles. The second kappa shape index (κ2) is 6.26. The molecular formula is C10H12BrFN2O3S. The van der Waals surface area contributed by atoms with Crippen LogP contribution in [0.2, 0.25) is 0 Å². The van der Waals surface area contributed by atoms with Gasteiger partial charge in [-0.25, -0.2) is 17.5 Å². The molecule has 0 bridgehead atoms. The van der Waals surface area contributed by atoms with Crippen LogP contribution in [0.1, 0.15) is 6.92 Å². The van der Waals surface area contributed by atoms with E-state index in [2.05, 4.69) is 26.0 Å². The van der Waals surface area contributed by atoms with E-state index in [1.54, 1.807) is 0 Å². The molecule has 0 atom stereocenters. The molecule has 5 nitrogen and oxygen atoms in total. The SMILES string of the molecule is CC(=O)NCCNS(=O)(=O)c1cc(Br)ccc1F. The van der Waals surface area contributed by atoms with Crippen molar-refractivity contribution in [3.8, 4) is 0 Å². The average Bonchev–Trinajstić information content (AvgIpc) is 2.27. The second-order valence-corrected chi connectivity index (χ2v) is 6.11. The Morgan fingerprint density at radius 1 is 1.39 bits per heavy atom. The summed E-state index contributed by atoms with van der Waals surface area (Å²) in [6.07, 6.45) is 0. The van der Waals surface area contributed by atoms with Gasteiger partial charge in [-0.3, -0.25) is 4.79 Å². The predicted octanol–water partition coefficient (Wildman–Crippen LogP) is 1.00. The lowest BCUT2D eigenvalue weighted by atomic mass is 10.3. The monoisotopic (exact) mass is 338 g/mol. The van der Waals surface area contributed by atoms with Gasteiger partial charge < -0.3 is 5.32 Å². The van der Waals surface area contributed by atoms with E-state index in [9.17, 15) is 17.6 Å². The molecule has 0 saturated carbocycles. The zero-order valence-electron chi connectivity index (χ0n) is 9.54. The molecule has 0 aliphatic carbocycles. The van der Waals surface area contributed by atoms with Crippen LogP contribution < -0.4 is 10.0 Å². The Morgan fingerprint density at radius 3 is 2.67 bits per heavy atom. The Bertz CT molecular complexity index is 548. The van der Waals surface area contributed by atoms with E-state index in [0.717, 1.165) is 6.07 Å². The van der Waals surface area contributed by atoms with Crippen LogP contribution in [0.15, 0.2) is 27.6 Å². The first-order valence-corrected chi connectivity index (χ1v) is 7.29. The van der Waals surface area contributed by atoms with E-state index in [-0.39, 0.29) is 19.0 Å². The molecule has 0 aromatic heterocycles. The van der Waals surface area contributed by atoms with Gasteiger partial charge >= 0.3 is 0 Å². The molecule has 100 valence electrons. The summed E-state index contributed by atoms with van der Waals surface area (Å²) in [5.74, 6) is -1.09. The fraction of sp³-hybridized carbons (Fsp3) is 0.300. The zero-order valence-corrected chi connectivity index (χ0v) is 11.9. The highest BCUT2D eigenvalue weighted by Gasteiger charge is 2.18. The van der Waals surface area contributed by atoms with Crippen molar-refractivity contribution in [2.75, 3.05) is 13.1 Å². The Kier molecular flexibility index (Phi) is 5.24. The number of carbonyl (C=O) groups excluding carboxylic acids is 1. The molecule has 18 heavy (non-hydrogen) atoms. The topological polar surface area (TPSA) is 75.3 Å². The van der Waals surface area contributed by atoms with Crippen molar-refractivity contribution in [1.29, 1.82) is 0 Å². The van der Waals surface area contributed by atoms with Crippen LogP contribution in [0.4, 0.5) is 4.39 Å². The van der Waals surface area contributed by atoms with Crippen molar-refractivity contribution in [2.24, 2.45) is 0 Å². The minimum atomic E-state index is -3.92. The second-order valence-electron chi connectivity index (χ2n) is 3.46. The Labute approximate surface area is 113 Å². The van der Waals surface area contributed by atoms with Gasteiger partial charge in [0.25, 0.3) is 0 Å². The zero-order chi connectivity index (χ0) is 13.8. The maximum atomic E-state index is 13.4. The number of amides is 1. The molecule has 8 heteroatoms. The maximum Gasteiger partial charge on any atom is 0.243 e. The Balaban J connectivity index is 2.74. The molecule has 1 aromatic carbocycles. The predicted molar refractivity (Wildman–Crippen MR) is 68.0 cm³/mol. The van der Waals surface area contributed by atoms with Crippen LogP contribution in [0.25, 0.3) is 0 Å². The van der Waals surface area contributed by atoms with E-state index < -0.39 is 20.7 Å². The highest BCUT2D eigenvalue weighted by Crippen LogP contribution is 2.19. The number of rotatable bonds is 5. The summed E-state index contributed by atoms with van der Waals surface area (Å²) in [5, 5.41) is 2.43. The third kappa shape index (κ3) is 4.35. The molecule has 1 rings (SSSR count). The maximum absolute atomic E-state index is 13.4. The summed E-state index contributed by atoms with van der Waals surface area (Å²) in [5.41, 5.74) is 0. The number of carbonyl (C=O) groups is 1. The molecule has 1 amide bonds. The van der Waals surface area contributed by atoms with Crippen molar-refractivity contribution in [3.63, 3.8) is 0 Å². The molecule has 0 radical (unpaired) electrons.